The molecule has 1 aliphatic heterocycles. The maximum Gasteiger partial charge on any atom is 0.142 e. The van der Waals surface area contributed by atoms with Crippen molar-refractivity contribution in [3.05, 3.63) is 11.8 Å². The minimum atomic E-state index is -1.09. The lowest BCUT2D eigenvalue weighted by Gasteiger charge is -2.27. The number of rotatable bonds is 2. The molecule has 0 aliphatic carbocycles. The molecular weight excluding hydrogens is 157 g/mol. The first-order chi connectivity index (χ1) is 5.52. The summed E-state index contributed by atoms with van der Waals surface area (Å²) in [7, 11) is 0. The Hall–Kier alpha value is -0.570. The van der Waals surface area contributed by atoms with E-state index >= 15 is 0 Å². The Labute approximate surface area is 72.6 Å². The highest BCUT2D eigenvalue weighted by atomic mass is 19.1. The minimum Gasteiger partial charge on any atom is -0.501 e. The third-order valence-corrected chi connectivity index (χ3v) is 1.94. The van der Waals surface area contributed by atoms with Crippen LogP contribution in [0, 0.1) is 0 Å². The van der Waals surface area contributed by atoms with Crippen LogP contribution in [0.4, 0.5) is 4.39 Å². The smallest absolute Gasteiger partial charge is 0.142 e. The van der Waals surface area contributed by atoms with Crippen molar-refractivity contribution in [3.63, 3.8) is 0 Å². The average molecular weight is 173 g/mol. The lowest BCUT2D eigenvalue weighted by atomic mass is 9.91. The number of ether oxygens (including phenoxy) is 1. The fraction of sp³-hybridized carbons (Fsp3) is 0.778. The summed E-state index contributed by atoms with van der Waals surface area (Å²) in [5.41, 5.74) is 5.53. The zero-order chi connectivity index (χ0) is 9.19. The van der Waals surface area contributed by atoms with Crippen molar-refractivity contribution < 1.29 is 9.13 Å². The molecule has 1 unspecified atom stereocenters. The molecule has 12 heavy (non-hydrogen) atoms. The Balaban J connectivity index is 2.62. The van der Waals surface area contributed by atoms with Crippen LogP contribution in [-0.4, -0.2) is 18.3 Å². The molecule has 0 aromatic heterocycles. The van der Waals surface area contributed by atoms with Gasteiger partial charge in [-0.3, -0.25) is 0 Å². The molecule has 3 heteroatoms. The highest BCUT2D eigenvalue weighted by Gasteiger charge is 2.29. The standard InChI is InChI=1S/C9H16FNO/c1-9(2,11)8(10)7-4-3-5-12-6-7/h6,8H,3-5,11H2,1-2H3. The molecular formula is C9H16FNO. The van der Waals surface area contributed by atoms with Crippen molar-refractivity contribution in [2.45, 2.75) is 38.4 Å². The van der Waals surface area contributed by atoms with Gasteiger partial charge in [-0.1, -0.05) is 0 Å². The number of halogens is 1. The van der Waals surface area contributed by atoms with Crippen LogP contribution in [0.1, 0.15) is 26.7 Å². The Morgan fingerprint density at radius 2 is 2.33 bits per heavy atom. The fourth-order valence-electron chi connectivity index (χ4n) is 1.25. The summed E-state index contributed by atoms with van der Waals surface area (Å²) in [4.78, 5) is 0. The molecule has 70 valence electrons. The van der Waals surface area contributed by atoms with Crippen molar-refractivity contribution in [2.75, 3.05) is 6.61 Å². The van der Waals surface area contributed by atoms with Gasteiger partial charge in [0, 0.05) is 11.1 Å². The van der Waals surface area contributed by atoms with Gasteiger partial charge in [0.15, 0.2) is 0 Å². The van der Waals surface area contributed by atoms with E-state index in [4.69, 9.17) is 10.5 Å². The number of hydrogen-bond donors (Lipinski definition) is 1. The highest BCUT2D eigenvalue weighted by Crippen LogP contribution is 2.24. The van der Waals surface area contributed by atoms with E-state index in [0.29, 0.717) is 12.2 Å². The van der Waals surface area contributed by atoms with Crippen LogP contribution >= 0.6 is 0 Å². The Bertz CT molecular complexity index is 183. The SMILES string of the molecule is CC(C)(N)C(F)C1=COCCC1. The Kier molecular flexibility index (Phi) is 2.73. The molecule has 1 aliphatic rings. The van der Waals surface area contributed by atoms with Crippen molar-refractivity contribution >= 4 is 0 Å². The van der Waals surface area contributed by atoms with Gasteiger partial charge >= 0.3 is 0 Å². The van der Waals surface area contributed by atoms with Crippen LogP contribution in [-0.2, 0) is 4.74 Å². The van der Waals surface area contributed by atoms with Gasteiger partial charge in [-0.05, 0) is 26.7 Å². The molecule has 0 saturated carbocycles. The van der Waals surface area contributed by atoms with Gasteiger partial charge in [-0.25, -0.2) is 4.39 Å². The third-order valence-electron chi connectivity index (χ3n) is 1.94. The van der Waals surface area contributed by atoms with E-state index in [1.165, 1.54) is 6.26 Å². The van der Waals surface area contributed by atoms with Gasteiger partial charge in [0.05, 0.1) is 12.9 Å². The number of hydrogen-bond acceptors (Lipinski definition) is 2. The second-order valence-electron chi connectivity index (χ2n) is 3.85. The lowest BCUT2D eigenvalue weighted by Crippen LogP contribution is -2.43. The lowest BCUT2D eigenvalue weighted by molar-refractivity contribution is 0.189. The number of nitrogens with two attached hydrogens (primary N) is 1. The normalized spacial score (nSPS) is 21.2. The van der Waals surface area contributed by atoms with E-state index in [1.54, 1.807) is 13.8 Å². The first kappa shape index (κ1) is 9.52. The van der Waals surface area contributed by atoms with Crippen molar-refractivity contribution in [1.29, 1.82) is 0 Å². The van der Waals surface area contributed by atoms with Crippen LogP contribution in [0.5, 0.6) is 0 Å². The van der Waals surface area contributed by atoms with Crippen molar-refractivity contribution in [3.8, 4) is 0 Å². The summed E-state index contributed by atoms with van der Waals surface area (Å²) in [6.45, 7) is 4.07. The second kappa shape index (κ2) is 3.44. The van der Waals surface area contributed by atoms with Crippen LogP contribution in [0.15, 0.2) is 11.8 Å². The van der Waals surface area contributed by atoms with Crippen LogP contribution in [0.2, 0.25) is 0 Å². The predicted molar refractivity (Wildman–Crippen MR) is 46.4 cm³/mol. The van der Waals surface area contributed by atoms with Gasteiger partial charge in [-0.15, -0.1) is 0 Å². The monoisotopic (exact) mass is 173 g/mol. The van der Waals surface area contributed by atoms with Crippen molar-refractivity contribution in [2.24, 2.45) is 5.73 Å². The summed E-state index contributed by atoms with van der Waals surface area (Å²) >= 11 is 0. The summed E-state index contributed by atoms with van der Waals surface area (Å²) in [5, 5.41) is 0. The zero-order valence-corrected chi connectivity index (χ0v) is 7.64. The van der Waals surface area contributed by atoms with Gasteiger partial charge < -0.3 is 10.5 Å². The minimum absolute atomic E-state index is 0.689. The van der Waals surface area contributed by atoms with Gasteiger partial charge in [0.1, 0.15) is 6.17 Å². The molecule has 0 radical (unpaired) electrons. The maximum absolute atomic E-state index is 13.5. The maximum atomic E-state index is 13.5. The van der Waals surface area contributed by atoms with E-state index in [1.807, 2.05) is 0 Å². The van der Waals surface area contributed by atoms with E-state index in [0.717, 1.165) is 12.8 Å². The summed E-state index contributed by atoms with van der Waals surface area (Å²) in [6, 6.07) is 0. The summed E-state index contributed by atoms with van der Waals surface area (Å²) < 4.78 is 18.6. The van der Waals surface area contributed by atoms with Gasteiger partial charge in [0.2, 0.25) is 0 Å². The van der Waals surface area contributed by atoms with Crippen LogP contribution in [0.3, 0.4) is 0 Å². The third kappa shape index (κ3) is 2.21. The molecule has 1 rings (SSSR count). The molecule has 1 atom stereocenters. The predicted octanol–water partition coefficient (Wildman–Crippen LogP) is 1.76. The molecule has 0 saturated heterocycles. The van der Waals surface area contributed by atoms with Gasteiger partial charge in [-0.2, -0.15) is 0 Å². The van der Waals surface area contributed by atoms with Gasteiger partial charge in [0.25, 0.3) is 0 Å². The Morgan fingerprint density at radius 3 is 2.75 bits per heavy atom. The number of alkyl halides is 1. The van der Waals surface area contributed by atoms with Crippen molar-refractivity contribution in [1.82, 2.24) is 0 Å². The molecule has 0 bridgehead atoms. The van der Waals surface area contributed by atoms with Crippen LogP contribution in [0.25, 0.3) is 0 Å². The molecule has 0 amide bonds. The first-order valence-electron chi connectivity index (χ1n) is 4.25. The average Bonchev–Trinajstić information content (AvgIpc) is 2.03. The quantitative estimate of drug-likeness (QED) is 0.690. The largest absolute Gasteiger partial charge is 0.501 e. The topological polar surface area (TPSA) is 35.2 Å². The van der Waals surface area contributed by atoms with E-state index < -0.39 is 11.7 Å². The molecule has 0 aromatic carbocycles. The zero-order valence-electron chi connectivity index (χ0n) is 7.64. The molecule has 2 nitrogen and oxygen atoms in total. The first-order valence-corrected chi connectivity index (χ1v) is 4.25. The fourth-order valence-corrected chi connectivity index (χ4v) is 1.25. The molecule has 2 N–H and O–H groups in total. The van der Waals surface area contributed by atoms with E-state index in [-0.39, 0.29) is 0 Å². The van der Waals surface area contributed by atoms with E-state index in [9.17, 15) is 4.39 Å². The molecule has 0 aromatic rings. The second-order valence-corrected chi connectivity index (χ2v) is 3.85. The molecule has 0 spiro atoms. The van der Waals surface area contributed by atoms with Crippen LogP contribution < -0.4 is 5.73 Å². The highest BCUT2D eigenvalue weighted by molar-refractivity contribution is 5.13. The molecule has 1 heterocycles. The summed E-state index contributed by atoms with van der Waals surface area (Å²) in [6.07, 6.45) is 2.09. The Morgan fingerprint density at radius 1 is 1.67 bits per heavy atom. The summed E-state index contributed by atoms with van der Waals surface area (Å²) in [5.74, 6) is 0. The molecule has 0 fully saturated rings. The van der Waals surface area contributed by atoms with E-state index in [2.05, 4.69) is 0 Å².